The summed E-state index contributed by atoms with van der Waals surface area (Å²) >= 11 is 2.68. The fraction of sp³-hybridized carbons (Fsp3) is 0.250. The number of ether oxygens (including phenoxy) is 1. The summed E-state index contributed by atoms with van der Waals surface area (Å²) in [6, 6.07) is 1.94. The highest BCUT2D eigenvalue weighted by Crippen LogP contribution is 2.11. The van der Waals surface area contributed by atoms with Gasteiger partial charge in [-0.05, 0) is 29.3 Å². The second-order valence-electron chi connectivity index (χ2n) is 3.57. The number of amides is 1. The molecule has 19 heavy (non-hydrogen) atoms. The Balaban J connectivity index is 1.94. The van der Waals surface area contributed by atoms with Crippen molar-refractivity contribution in [3.8, 4) is 0 Å². The molecule has 1 amide bonds. The Morgan fingerprint density at radius 1 is 1.42 bits per heavy atom. The quantitative estimate of drug-likeness (QED) is 0.860. The number of aromatic nitrogens is 1. The zero-order chi connectivity index (χ0) is 13.7. The fourth-order valence-electron chi connectivity index (χ4n) is 1.33. The van der Waals surface area contributed by atoms with E-state index in [1.54, 1.807) is 23.6 Å². The van der Waals surface area contributed by atoms with Crippen molar-refractivity contribution in [1.82, 2.24) is 10.3 Å². The molecule has 0 aliphatic carbocycles. The molecule has 100 valence electrons. The van der Waals surface area contributed by atoms with Gasteiger partial charge in [0, 0.05) is 11.9 Å². The maximum Gasteiger partial charge on any atom is 0.367 e. The number of esters is 1. The van der Waals surface area contributed by atoms with E-state index in [1.165, 1.54) is 0 Å². The van der Waals surface area contributed by atoms with E-state index in [0.29, 0.717) is 6.54 Å². The third-order valence-corrected chi connectivity index (χ3v) is 3.77. The maximum absolute atomic E-state index is 11.8. The van der Waals surface area contributed by atoms with Crippen LogP contribution in [-0.2, 0) is 11.3 Å². The van der Waals surface area contributed by atoms with Crippen LogP contribution in [0.15, 0.2) is 22.2 Å². The van der Waals surface area contributed by atoms with E-state index >= 15 is 0 Å². The van der Waals surface area contributed by atoms with Gasteiger partial charge in [0.15, 0.2) is 0 Å². The normalized spacial score (nSPS) is 10.2. The molecule has 0 atom stereocenters. The standard InChI is InChI=1S/C12H12N2O3S2/c1-2-17-12(16)11-14-9(7-19-11)10(15)13-5-8-3-4-18-6-8/h3-4,6-7H,2,5H2,1H3,(H,13,15). The van der Waals surface area contributed by atoms with Gasteiger partial charge in [0.05, 0.1) is 6.61 Å². The molecule has 0 fully saturated rings. The van der Waals surface area contributed by atoms with Crippen molar-refractivity contribution < 1.29 is 14.3 Å². The van der Waals surface area contributed by atoms with Crippen LogP contribution in [0.25, 0.3) is 0 Å². The predicted molar refractivity (Wildman–Crippen MR) is 73.6 cm³/mol. The highest BCUT2D eigenvalue weighted by Gasteiger charge is 2.16. The van der Waals surface area contributed by atoms with Crippen LogP contribution in [0.1, 0.15) is 32.8 Å². The Labute approximate surface area is 118 Å². The first-order chi connectivity index (χ1) is 9.20. The van der Waals surface area contributed by atoms with E-state index in [2.05, 4.69) is 10.3 Å². The molecule has 0 aliphatic heterocycles. The predicted octanol–water partition coefficient (Wildman–Crippen LogP) is 2.31. The summed E-state index contributed by atoms with van der Waals surface area (Å²) in [7, 11) is 0. The molecule has 0 bridgehead atoms. The molecular weight excluding hydrogens is 284 g/mol. The third kappa shape index (κ3) is 3.62. The second kappa shape index (κ2) is 6.44. The molecule has 2 rings (SSSR count). The van der Waals surface area contributed by atoms with Crippen molar-refractivity contribution in [2.24, 2.45) is 0 Å². The lowest BCUT2D eigenvalue weighted by atomic mass is 10.3. The Morgan fingerprint density at radius 3 is 2.95 bits per heavy atom. The molecule has 0 spiro atoms. The van der Waals surface area contributed by atoms with Gasteiger partial charge in [-0.15, -0.1) is 11.3 Å². The summed E-state index contributed by atoms with van der Waals surface area (Å²) in [4.78, 5) is 27.2. The van der Waals surface area contributed by atoms with Gasteiger partial charge in [-0.1, -0.05) is 0 Å². The van der Waals surface area contributed by atoms with Crippen molar-refractivity contribution >= 4 is 34.6 Å². The molecule has 1 N–H and O–H groups in total. The molecule has 0 aromatic carbocycles. The van der Waals surface area contributed by atoms with Crippen LogP contribution >= 0.6 is 22.7 Å². The summed E-state index contributed by atoms with van der Waals surface area (Å²) in [5.41, 5.74) is 1.28. The molecule has 0 radical (unpaired) electrons. The van der Waals surface area contributed by atoms with Crippen molar-refractivity contribution in [3.63, 3.8) is 0 Å². The third-order valence-electron chi connectivity index (χ3n) is 2.22. The first-order valence-corrected chi connectivity index (χ1v) is 7.45. The van der Waals surface area contributed by atoms with Crippen LogP contribution in [0.4, 0.5) is 0 Å². The lowest BCUT2D eigenvalue weighted by molar-refractivity contribution is 0.0526. The highest BCUT2D eigenvalue weighted by atomic mass is 32.1. The van der Waals surface area contributed by atoms with Crippen LogP contribution < -0.4 is 5.32 Å². The first-order valence-electron chi connectivity index (χ1n) is 5.62. The lowest BCUT2D eigenvalue weighted by Gasteiger charge is -2.00. The van der Waals surface area contributed by atoms with E-state index in [0.717, 1.165) is 16.9 Å². The number of hydrogen-bond donors (Lipinski definition) is 1. The monoisotopic (exact) mass is 296 g/mol. The molecule has 0 unspecified atom stereocenters. The van der Waals surface area contributed by atoms with Gasteiger partial charge in [-0.3, -0.25) is 4.79 Å². The highest BCUT2D eigenvalue weighted by molar-refractivity contribution is 7.11. The number of thiophene rings is 1. The molecular formula is C12H12N2O3S2. The van der Waals surface area contributed by atoms with Crippen molar-refractivity contribution in [2.45, 2.75) is 13.5 Å². The van der Waals surface area contributed by atoms with E-state index in [9.17, 15) is 9.59 Å². The van der Waals surface area contributed by atoms with E-state index < -0.39 is 5.97 Å². The van der Waals surface area contributed by atoms with Crippen LogP contribution in [0, 0.1) is 0 Å². The average Bonchev–Trinajstić information content (AvgIpc) is 3.07. The molecule has 5 nitrogen and oxygen atoms in total. The second-order valence-corrected chi connectivity index (χ2v) is 5.21. The zero-order valence-corrected chi connectivity index (χ0v) is 11.8. The van der Waals surface area contributed by atoms with Gasteiger partial charge in [0.1, 0.15) is 5.69 Å². The molecule has 0 saturated carbocycles. The van der Waals surface area contributed by atoms with Gasteiger partial charge >= 0.3 is 5.97 Å². The van der Waals surface area contributed by atoms with Gasteiger partial charge in [0.2, 0.25) is 5.01 Å². The Hall–Kier alpha value is -1.73. The maximum atomic E-state index is 11.8. The smallest absolute Gasteiger partial charge is 0.367 e. The Bertz CT molecular complexity index is 563. The summed E-state index contributed by atoms with van der Waals surface area (Å²) in [5.74, 6) is -0.789. The summed E-state index contributed by atoms with van der Waals surface area (Å²) in [6.45, 7) is 2.46. The van der Waals surface area contributed by atoms with Crippen molar-refractivity contribution in [1.29, 1.82) is 0 Å². The Kier molecular flexibility index (Phi) is 4.64. The molecule has 2 aromatic rings. The number of nitrogens with zero attached hydrogens (tertiary/aromatic N) is 1. The molecule has 0 saturated heterocycles. The SMILES string of the molecule is CCOC(=O)c1nc(C(=O)NCc2ccsc2)cs1. The van der Waals surface area contributed by atoms with Crippen LogP contribution in [0.5, 0.6) is 0 Å². The van der Waals surface area contributed by atoms with Gasteiger partial charge in [0.25, 0.3) is 5.91 Å². The molecule has 2 heterocycles. The van der Waals surface area contributed by atoms with Crippen molar-refractivity contribution in [2.75, 3.05) is 6.61 Å². The van der Waals surface area contributed by atoms with Crippen LogP contribution in [0.3, 0.4) is 0 Å². The lowest BCUT2D eigenvalue weighted by Crippen LogP contribution is -2.23. The van der Waals surface area contributed by atoms with Gasteiger partial charge in [-0.25, -0.2) is 9.78 Å². The average molecular weight is 296 g/mol. The van der Waals surface area contributed by atoms with Crippen molar-refractivity contribution in [3.05, 3.63) is 38.5 Å². The van der Waals surface area contributed by atoms with Crippen LogP contribution in [0.2, 0.25) is 0 Å². The fourth-order valence-corrected chi connectivity index (χ4v) is 2.69. The van der Waals surface area contributed by atoms with Crippen LogP contribution in [-0.4, -0.2) is 23.5 Å². The summed E-state index contributed by atoms with van der Waals surface area (Å²) in [6.07, 6.45) is 0. The topological polar surface area (TPSA) is 68.3 Å². The Morgan fingerprint density at radius 2 is 2.26 bits per heavy atom. The first kappa shape index (κ1) is 13.7. The van der Waals surface area contributed by atoms with E-state index in [1.807, 2.05) is 16.8 Å². The number of thiazole rings is 1. The summed E-state index contributed by atoms with van der Waals surface area (Å²) < 4.78 is 4.82. The largest absolute Gasteiger partial charge is 0.461 e. The number of hydrogen-bond acceptors (Lipinski definition) is 6. The minimum atomic E-state index is -0.496. The van der Waals surface area contributed by atoms with E-state index in [-0.39, 0.29) is 23.2 Å². The molecule has 2 aromatic heterocycles. The van der Waals surface area contributed by atoms with Gasteiger partial charge in [-0.2, -0.15) is 11.3 Å². The number of carbonyl (C=O) groups is 2. The number of nitrogens with one attached hydrogen (secondary N) is 1. The molecule has 0 aliphatic rings. The number of rotatable bonds is 5. The number of carbonyl (C=O) groups excluding carboxylic acids is 2. The molecule has 7 heteroatoms. The van der Waals surface area contributed by atoms with Gasteiger partial charge < -0.3 is 10.1 Å². The minimum Gasteiger partial charge on any atom is -0.461 e. The zero-order valence-electron chi connectivity index (χ0n) is 10.2. The minimum absolute atomic E-state index is 0.197. The summed E-state index contributed by atoms with van der Waals surface area (Å²) in [5, 5.41) is 8.40. The van der Waals surface area contributed by atoms with E-state index in [4.69, 9.17) is 4.74 Å².